The van der Waals surface area contributed by atoms with Crippen LogP contribution in [0.3, 0.4) is 0 Å². The van der Waals surface area contributed by atoms with E-state index in [1.807, 2.05) is 0 Å². The van der Waals surface area contributed by atoms with E-state index in [1.54, 1.807) is 0 Å². The standard InChI is InChI=1S/C13H28O2Si.H2S/c1-13(2,3)16(4,5)15-9-8-11-6-7-12(14)10-11;/h11-12,14H,6-10H2,1-5H3;1H2/t11-,12+;/m1./s1. The molecule has 2 atom stereocenters. The monoisotopic (exact) mass is 278 g/mol. The van der Waals surface area contributed by atoms with Crippen molar-refractivity contribution in [1.29, 1.82) is 0 Å². The molecule has 2 nitrogen and oxygen atoms in total. The Balaban J connectivity index is 0.00000256. The summed E-state index contributed by atoms with van der Waals surface area (Å²) in [6.07, 6.45) is 4.25. The van der Waals surface area contributed by atoms with Gasteiger partial charge in [0.15, 0.2) is 8.32 Å². The third kappa shape index (κ3) is 5.33. The lowest BCUT2D eigenvalue weighted by atomic mass is 10.1. The van der Waals surface area contributed by atoms with Crippen molar-refractivity contribution in [2.45, 2.75) is 70.7 Å². The molecule has 0 aliphatic heterocycles. The topological polar surface area (TPSA) is 29.5 Å². The van der Waals surface area contributed by atoms with Gasteiger partial charge in [-0.25, -0.2) is 0 Å². The van der Waals surface area contributed by atoms with Crippen LogP contribution >= 0.6 is 13.5 Å². The van der Waals surface area contributed by atoms with E-state index < -0.39 is 8.32 Å². The Kier molecular flexibility index (Phi) is 6.78. The van der Waals surface area contributed by atoms with Crippen molar-refractivity contribution in [1.82, 2.24) is 0 Å². The fourth-order valence-corrected chi connectivity index (χ4v) is 3.07. The van der Waals surface area contributed by atoms with Crippen molar-refractivity contribution in [3.63, 3.8) is 0 Å². The molecule has 104 valence electrons. The molecule has 0 amide bonds. The van der Waals surface area contributed by atoms with Crippen molar-refractivity contribution in [2.24, 2.45) is 5.92 Å². The van der Waals surface area contributed by atoms with Gasteiger partial charge >= 0.3 is 0 Å². The Morgan fingerprint density at radius 2 is 1.82 bits per heavy atom. The first-order chi connectivity index (χ1) is 7.22. The zero-order valence-corrected chi connectivity index (χ0v) is 14.0. The molecule has 0 aromatic heterocycles. The largest absolute Gasteiger partial charge is 0.417 e. The van der Waals surface area contributed by atoms with Gasteiger partial charge in [-0.05, 0) is 49.7 Å². The summed E-state index contributed by atoms with van der Waals surface area (Å²) >= 11 is 0. The molecule has 0 aromatic rings. The lowest BCUT2D eigenvalue weighted by molar-refractivity contribution is 0.173. The summed E-state index contributed by atoms with van der Waals surface area (Å²) in [5, 5.41) is 9.76. The Bertz CT molecular complexity index is 226. The SMILES string of the molecule is CC(C)(C)[Si](C)(C)OCC[C@H]1CC[C@H](O)C1.S. The normalized spacial score (nSPS) is 25.8. The maximum Gasteiger partial charge on any atom is 0.191 e. The van der Waals surface area contributed by atoms with Gasteiger partial charge in [0.2, 0.25) is 0 Å². The summed E-state index contributed by atoms with van der Waals surface area (Å²) in [4.78, 5) is 0. The van der Waals surface area contributed by atoms with E-state index in [1.165, 1.54) is 6.42 Å². The molecule has 1 rings (SSSR count). The van der Waals surface area contributed by atoms with Gasteiger partial charge < -0.3 is 9.53 Å². The van der Waals surface area contributed by atoms with Crippen molar-refractivity contribution < 1.29 is 9.53 Å². The minimum Gasteiger partial charge on any atom is -0.417 e. The highest BCUT2D eigenvalue weighted by Gasteiger charge is 2.37. The molecule has 4 heteroatoms. The predicted octanol–water partition coefficient (Wildman–Crippen LogP) is 3.67. The first-order valence-corrected chi connectivity index (χ1v) is 9.45. The molecule has 0 radical (unpaired) electrons. The van der Waals surface area contributed by atoms with Gasteiger partial charge in [-0.1, -0.05) is 20.8 Å². The molecule has 17 heavy (non-hydrogen) atoms. The van der Waals surface area contributed by atoms with Gasteiger partial charge in [-0.3, -0.25) is 0 Å². The average Bonchev–Trinajstić information content (AvgIpc) is 2.49. The third-order valence-electron chi connectivity index (χ3n) is 4.31. The van der Waals surface area contributed by atoms with Gasteiger partial charge in [0.25, 0.3) is 0 Å². The third-order valence-corrected chi connectivity index (χ3v) is 8.85. The van der Waals surface area contributed by atoms with Crippen LogP contribution in [0.4, 0.5) is 0 Å². The van der Waals surface area contributed by atoms with E-state index >= 15 is 0 Å². The van der Waals surface area contributed by atoms with Crippen molar-refractivity contribution in [3.8, 4) is 0 Å². The Morgan fingerprint density at radius 1 is 1.24 bits per heavy atom. The number of hydrogen-bond acceptors (Lipinski definition) is 2. The molecule has 1 fully saturated rings. The van der Waals surface area contributed by atoms with Gasteiger partial charge in [0, 0.05) is 6.61 Å². The minimum atomic E-state index is -1.56. The number of hydrogen-bond donors (Lipinski definition) is 1. The molecular weight excluding hydrogens is 248 g/mol. The zero-order chi connectivity index (χ0) is 12.4. The lowest BCUT2D eigenvalue weighted by Crippen LogP contribution is -2.41. The summed E-state index contributed by atoms with van der Waals surface area (Å²) in [6.45, 7) is 12.3. The van der Waals surface area contributed by atoms with Gasteiger partial charge in [-0.15, -0.1) is 0 Å². The molecule has 1 N–H and O–H groups in total. The number of aliphatic hydroxyl groups excluding tert-OH is 1. The second-order valence-corrected chi connectivity index (χ2v) is 11.5. The highest BCUT2D eigenvalue weighted by atomic mass is 32.1. The molecule has 0 aromatic carbocycles. The Hall–Kier alpha value is 0.487. The van der Waals surface area contributed by atoms with Gasteiger partial charge in [0.1, 0.15) is 0 Å². The van der Waals surface area contributed by atoms with Crippen LogP contribution in [0.1, 0.15) is 46.5 Å². The van der Waals surface area contributed by atoms with E-state index in [0.29, 0.717) is 11.0 Å². The second-order valence-electron chi connectivity index (χ2n) is 6.73. The van der Waals surface area contributed by atoms with E-state index in [4.69, 9.17) is 4.43 Å². The maximum atomic E-state index is 9.46. The van der Waals surface area contributed by atoms with Crippen LogP contribution in [0.15, 0.2) is 0 Å². The summed E-state index contributed by atoms with van der Waals surface area (Å²) < 4.78 is 6.15. The first-order valence-electron chi connectivity index (χ1n) is 6.54. The van der Waals surface area contributed by atoms with Crippen LogP contribution < -0.4 is 0 Å². The highest BCUT2D eigenvalue weighted by Crippen LogP contribution is 2.37. The first kappa shape index (κ1) is 17.5. The smallest absolute Gasteiger partial charge is 0.191 e. The van der Waals surface area contributed by atoms with Gasteiger partial charge in [0.05, 0.1) is 6.10 Å². The van der Waals surface area contributed by atoms with E-state index in [9.17, 15) is 5.11 Å². The highest BCUT2D eigenvalue weighted by molar-refractivity contribution is 7.59. The van der Waals surface area contributed by atoms with Crippen molar-refractivity contribution in [2.75, 3.05) is 6.61 Å². The minimum absolute atomic E-state index is 0. The summed E-state index contributed by atoms with van der Waals surface area (Å²) in [5.41, 5.74) is 0. The summed E-state index contributed by atoms with van der Waals surface area (Å²) in [6, 6.07) is 0. The predicted molar refractivity (Wildman–Crippen MR) is 81.5 cm³/mol. The fourth-order valence-electron chi connectivity index (χ4n) is 2.01. The molecule has 1 aliphatic carbocycles. The number of aliphatic hydroxyl groups is 1. The van der Waals surface area contributed by atoms with Gasteiger partial charge in [-0.2, -0.15) is 13.5 Å². The van der Waals surface area contributed by atoms with Crippen LogP contribution in [-0.4, -0.2) is 26.1 Å². The van der Waals surface area contributed by atoms with Crippen LogP contribution in [0.5, 0.6) is 0 Å². The van der Waals surface area contributed by atoms with Crippen LogP contribution in [-0.2, 0) is 4.43 Å². The zero-order valence-electron chi connectivity index (χ0n) is 12.0. The molecule has 0 spiro atoms. The van der Waals surface area contributed by atoms with E-state index in [-0.39, 0.29) is 19.6 Å². The lowest BCUT2D eigenvalue weighted by Gasteiger charge is -2.36. The quantitative estimate of drug-likeness (QED) is 0.795. The molecule has 0 saturated heterocycles. The van der Waals surface area contributed by atoms with Crippen LogP contribution in [0.25, 0.3) is 0 Å². The summed E-state index contributed by atoms with van der Waals surface area (Å²) in [7, 11) is -1.56. The molecule has 0 bridgehead atoms. The molecular formula is C13H30O2SSi. The van der Waals surface area contributed by atoms with Crippen LogP contribution in [0.2, 0.25) is 18.1 Å². The average molecular weight is 279 g/mol. The number of rotatable bonds is 4. The Morgan fingerprint density at radius 3 is 2.24 bits per heavy atom. The fraction of sp³-hybridized carbons (Fsp3) is 1.00. The van der Waals surface area contributed by atoms with Crippen LogP contribution in [0, 0.1) is 5.92 Å². The second kappa shape index (κ2) is 6.59. The molecule has 1 saturated carbocycles. The van der Waals surface area contributed by atoms with Crippen molar-refractivity contribution in [3.05, 3.63) is 0 Å². The summed E-state index contributed by atoms with van der Waals surface area (Å²) in [5.74, 6) is 0.694. The maximum absolute atomic E-state index is 9.46. The van der Waals surface area contributed by atoms with E-state index in [2.05, 4.69) is 33.9 Å². The van der Waals surface area contributed by atoms with E-state index in [0.717, 1.165) is 25.9 Å². The molecule has 0 heterocycles. The molecule has 1 aliphatic rings. The van der Waals surface area contributed by atoms with Crippen molar-refractivity contribution >= 4 is 21.8 Å². The molecule has 0 unspecified atom stereocenters. The Labute approximate surface area is 115 Å².